The van der Waals surface area contributed by atoms with Crippen LogP contribution in [0, 0.1) is 11.8 Å². The van der Waals surface area contributed by atoms with Crippen molar-refractivity contribution in [3.63, 3.8) is 0 Å². The molecule has 1 heterocycles. The Labute approximate surface area is 187 Å². The summed E-state index contributed by atoms with van der Waals surface area (Å²) in [4.78, 5) is 29.0. The zero-order valence-corrected chi connectivity index (χ0v) is 18.0. The van der Waals surface area contributed by atoms with E-state index < -0.39 is 11.8 Å². The minimum atomic E-state index is -0.398. The second kappa shape index (κ2) is 6.89. The maximum Gasteiger partial charge on any atom is 0.254 e. The van der Waals surface area contributed by atoms with Crippen molar-refractivity contribution < 1.29 is 9.59 Å². The normalized spacial score (nSPS) is 25.1. The smallest absolute Gasteiger partial charge is 0.254 e. The maximum absolute atomic E-state index is 13.5. The van der Waals surface area contributed by atoms with E-state index in [1.54, 1.807) is 6.21 Å². The fourth-order valence-electron chi connectivity index (χ4n) is 5.76. The van der Waals surface area contributed by atoms with Crippen molar-refractivity contribution in [3.8, 4) is 0 Å². The average Bonchev–Trinajstić information content (AvgIpc) is 3.08. The lowest BCUT2D eigenvalue weighted by Gasteiger charge is -2.45. The quantitative estimate of drug-likeness (QED) is 0.475. The highest BCUT2D eigenvalue weighted by Gasteiger charge is 2.61. The summed E-state index contributed by atoms with van der Waals surface area (Å²) < 4.78 is 0. The number of hydrogen-bond donors (Lipinski definition) is 0. The fourth-order valence-corrected chi connectivity index (χ4v) is 5.76. The summed E-state index contributed by atoms with van der Waals surface area (Å²) in [7, 11) is 3.97. The second-order valence-electron chi connectivity index (χ2n) is 8.98. The molecular weight excluding hydrogens is 398 g/mol. The third kappa shape index (κ3) is 2.54. The van der Waals surface area contributed by atoms with Crippen molar-refractivity contribution >= 4 is 23.7 Å². The molecule has 3 aromatic carbocycles. The van der Waals surface area contributed by atoms with E-state index >= 15 is 0 Å². The Morgan fingerprint density at radius 2 is 1.16 bits per heavy atom. The highest BCUT2D eigenvalue weighted by atomic mass is 16.2. The van der Waals surface area contributed by atoms with E-state index in [1.165, 1.54) is 22.3 Å². The zero-order valence-electron chi connectivity index (χ0n) is 18.0. The molecule has 0 spiro atoms. The number of carbonyl (C=O) groups excluding carboxylic acids is 2. The molecule has 5 nitrogen and oxygen atoms in total. The Balaban J connectivity index is 1.39. The molecule has 3 aliphatic carbocycles. The molecule has 158 valence electrons. The van der Waals surface area contributed by atoms with Gasteiger partial charge in [-0.2, -0.15) is 10.1 Å². The summed E-state index contributed by atoms with van der Waals surface area (Å²) in [6, 6.07) is 24.4. The minimum absolute atomic E-state index is 0.103. The third-order valence-corrected chi connectivity index (χ3v) is 7.16. The second-order valence-corrected chi connectivity index (χ2v) is 8.98. The number of hydrogen-bond acceptors (Lipinski definition) is 4. The lowest BCUT2D eigenvalue weighted by atomic mass is 9.55. The molecule has 2 atom stereocenters. The van der Waals surface area contributed by atoms with Crippen molar-refractivity contribution in [2.45, 2.75) is 11.8 Å². The number of imide groups is 1. The summed E-state index contributed by atoms with van der Waals surface area (Å²) in [5.74, 6) is -1.39. The molecule has 4 aliphatic rings. The first-order valence-electron chi connectivity index (χ1n) is 10.9. The van der Waals surface area contributed by atoms with Crippen LogP contribution in [0.2, 0.25) is 0 Å². The summed E-state index contributed by atoms with van der Waals surface area (Å²) in [6.45, 7) is 0. The summed E-state index contributed by atoms with van der Waals surface area (Å²) in [5.41, 5.74) is 6.61. The summed E-state index contributed by atoms with van der Waals surface area (Å²) in [6.07, 6.45) is 1.61. The standard InChI is InChI=1S/C27H23N3O2/c1-29(2)17-13-11-16(12-14-17)15-28-30-26(31)24-22-18-7-3-4-8-19(18)23(25(24)27(30)32)21-10-6-5-9-20(21)22/h3-15,22-25H,1-2H3/b28-15+. The van der Waals surface area contributed by atoms with Gasteiger partial charge in [-0.3, -0.25) is 9.59 Å². The van der Waals surface area contributed by atoms with Crippen LogP contribution in [0.1, 0.15) is 39.7 Å². The van der Waals surface area contributed by atoms with E-state index in [4.69, 9.17) is 0 Å². The zero-order chi connectivity index (χ0) is 22.0. The highest BCUT2D eigenvalue weighted by molar-refractivity contribution is 6.08. The molecule has 1 saturated heterocycles. The average molecular weight is 422 g/mol. The Morgan fingerprint density at radius 3 is 1.56 bits per heavy atom. The van der Waals surface area contributed by atoms with E-state index in [-0.39, 0.29) is 23.7 Å². The number of benzene rings is 3. The van der Waals surface area contributed by atoms with E-state index in [2.05, 4.69) is 29.4 Å². The van der Waals surface area contributed by atoms with E-state index in [1.807, 2.05) is 67.5 Å². The first-order valence-corrected chi connectivity index (χ1v) is 10.9. The van der Waals surface area contributed by atoms with Crippen LogP contribution in [-0.2, 0) is 9.59 Å². The number of anilines is 1. The van der Waals surface area contributed by atoms with Gasteiger partial charge in [-0.15, -0.1) is 0 Å². The van der Waals surface area contributed by atoms with Crippen molar-refractivity contribution in [1.29, 1.82) is 0 Å². The van der Waals surface area contributed by atoms with E-state index in [0.717, 1.165) is 16.3 Å². The predicted octanol–water partition coefficient (Wildman–Crippen LogP) is 3.98. The Morgan fingerprint density at radius 1 is 0.719 bits per heavy atom. The molecule has 2 amide bonds. The Bertz CT molecular complexity index is 1160. The lowest BCUT2D eigenvalue weighted by Crippen LogP contribution is -2.41. The SMILES string of the molecule is CN(C)c1ccc(/C=N/N2C(=O)C3C4c5ccccc5C(c5ccccc54)C3C2=O)cc1. The van der Waals surface area contributed by atoms with Gasteiger partial charge in [-0.25, -0.2) is 0 Å². The third-order valence-electron chi connectivity index (χ3n) is 7.16. The van der Waals surface area contributed by atoms with Gasteiger partial charge in [0.15, 0.2) is 0 Å². The van der Waals surface area contributed by atoms with Crippen LogP contribution in [0.3, 0.4) is 0 Å². The molecule has 2 unspecified atom stereocenters. The number of hydrazone groups is 1. The fraction of sp³-hybridized carbons (Fsp3) is 0.222. The number of nitrogens with zero attached hydrogens (tertiary/aromatic N) is 3. The summed E-state index contributed by atoms with van der Waals surface area (Å²) in [5, 5.41) is 5.49. The molecule has 0 radical (unpaired) electrons. The molecule has 5 heteroatoms. The van der Waals surface area contributed by atoms with E-state index in [0.29, 0.717) is 0 Å². The van der Waals surface area contributed by atoms with Crippen LogP contribution >= 0.6 is 0 Å². The van der Waals surface area contributed by atoms with Crippen molar-refractivity contribution in [3.05, 3.63) is 101 Å². The number of amides is 2. The van der Waals surface area contributed by atoms with Gasteiger partial charge in [-0.1, -0.05) is 60.7 Å². The molecule has 0 aromatic heterocycles. The van der Waals surface area contributed by atoms with Crippen molar-refractivity contribution in [1.82, 2.24) is 5.01 Å². The molecule has 1 aliphatic heterocycles. The molecule has 0 saturated carbocycles. The Kier molecular flexibility index (Phi) is 4.09. The van der Waals surface area contributed by atoms with Gasteiger partial charge in [0, 0.05) is 31.6 Å². The van der Waals surface area contributed by atoms with Crippen LogP contribution in [-0.4, -0.2) is 37.1 Å². The van der Waals surface area contributed by atoms with Crippen LogP contribution < -0.4 is 4.90 Å². The molecule has 1 fully saturated rings. The van der Waals surface area contributed by atoms with Crippen LogP contribution in [0.4, 0.5) is 5.69 Å². The first kappa shape index (κ1) is 19.0. The van der Waals surface area contributed by atoms with Gasteiger partial charge in [-0.05, 0) is 39.9 Å². The monoisotopic (exact) mass is 421 g/mol. The van der Waals surface area contributed by atoms with Gasteiger partial charge in [0.2, 0.25) is 0 Å². The summed E-state index contributed by atoms with van der Waals surface area (Å²) >= 11 is 0. The molecular formula is C27H23N3O2. The molecule has 3 aromatic rings. The minimum Gasteiger partial charge on any atom is -0.378 e. The number of carbonyl (C=O) groups is 2. The Hall–Kier alpha value is -3.73. The molecule has 2 bridgehead atoms. The molecule has 0 N–H and O–H groups in total. The van der Waals surface area contributed by atoms with Gasteiger partial charge in [0.05, 0.1) is 18.1 Å². The number of rotatable bonds is 3. The first-order chi connectivity index (χ1) is 15.6. The predicted molar refractivity (Wildman–Crippen MR) is 124 cm³/mol. The van der Waals surface area contributed by atoms with Crippen LogP contribution in [0.25, 0.3) is 0 Å². The van der Waals surface area contributed by atoms with Crippen molar-refractivity contribution in [2.75, 3.05) is 19.0 Å². The van der Waals surface area contributed by atoms with Crippen LogP contribution in [0.15, 0.2) is 77.9 Å². The molecule has 32 heavy (non-hydrogen) atoms. The largest absolute Gasteiger partial charge is 0.378 e. The van der Waals surface area contributed by atoms with Gasteiger partial charge in [0.1, 0.15) is 0 Å². The highest BCUT2D eigenvalue weighted by Crippen LogP contribution is 2.60. The van der Waals surface area contributed by atoms with Crippen LogP contribution in [0.5, 0.6) is 0 Å². The maximum atomic E-state index is 13.5. The van der Waals surface area contributed by atoms with Gasteiger partial charge < -0.3 is 4.90 Å². The van der Waals surface area contributed by atoms with E-state index in [9.17, 15) is 9.59 Å². The van der Waals surface area contributed by atoms with Gasteiger partial charge in [0.25, 0.3) is 11.8 Å². The van der Waals surface area contributed by atoms with Crippen molar-refractivity contribution in [2.24, 2.45) is 16.9 Å². The topological polar surface area (TPSA) is 53.0 Å². The van der Waals surface area contributed by atoms with Gasteiger partial charge >= 0.3 is 0 Å². The lowest BCUT2D eigenvalue weighted by molar-refractivity contribution is -0.139. The molecule has 7 rings (SSSR count).